The van der Waals surface area contributed by atoms with E-state index in [1.54, 1.807) is 6.92 Å². The third-order valence-electron chi connectivity index (χ3n) is 5.19. The van der Waals surface area contributed by atoms with E-state index in [9.17, 15) is 22.7 Å². The van der Waals surface area contributed by atoms with Crippen molar-refractivity contribution < 1.29 is 32.1 Å². The van der Waals surface area contributed by atoms with Crippen molar-refractivity contribution >= 4 is 0 Å². The highest BCUT2D eigenvalue weighted by atomic mass is 19.2. The first kappa shape index (κ1) is 20.4. The smallest absolute Gasteiger partial charge is 0.200 e. The van der Waals surface area contributed by atoms with E-state index >= 15 is 0 Å². The molecular formula is C23H18F4O3. The molecule has 4 rings (SSSR count). The summed E-state index contributed by atoms with van der Waals surface area (Å²) in [5.74, 6) is -5.68. The number of hydrogen-bond donors (Lipinski definition) is 1. The second-order valence-electron chi connectivity index (χ2n) is 7.10. The van der Waals surface area contributed by atoms with E-state index in [-0.39, 0.29) is 36.2 Å². The van der Waals surface area contributed by atoms with Crippen molar-refractivity contribution in [2.24, 2.45) is 0 Å². The molecule has 1 N–H and O–H groups in total. The monoisotopic (exact) mass is 418 g/mol. The Kier molecular flexibility index (Phi) is 5.49. The molecule has 0 radical (unpaired) electrons. The maximum atomic E-state index is 14.8. The van der Waals surface area contributed by atoms with Crippen LogP contribution < -0.4 is 0 Å². The summed E-state index contributed by atoms with van der Waals surface area (Å²) in [7, 11) is 0. The van der Waals surface area contributed by atoms with Crippen LogP contribution in [-0.4, -0.2) is 24.6 Å². The third kappa shape index (κ3) is 3.66. The summed E-state index contributed by atoms with van der Waals surface area (Å²) in [6, 6.07) is 11.2. The molecule has 0 bridgehead atoms. The fraction of sp³-hybridized carbons (Fsp3) is 0.217. The molecule has 0 saturated carbocycles. The van der Waals surface area contributed by atoms with Crippen molar-refractivity contribution in [1.29, 1.82) is 0 Å². The van der Waals surface area contributed by atoms with Gasteiger partial charge in [-0.15, -0.1) is 0 Å². The molecule has 3 aromatic rings. The molecule has 0 amide bonds. The number of phenols is 1. The predicted molar refractivity (Wildman–Crippen MR) is 103 cm³/mol. The van der Waals surface area contributed by atoms with Gasteiger partial charge in [-0.2, -0.15) is 4.39 Å². The first-order chi connectivity index (χ1) is 14.4. The Morgan fingerprint density at radius 2 is 1.20 bits per heavy atom. The van der Waals surface area contributed by atoms with Crippen LogP contribution in [0, 0.1) is 23.3 Å². The van der Waals surface area contributed by atoms with E-state index in [1.807, 2.05) is 0 Å². The van der Waals surface area contributed by atoms with Gasteiger partial charge in [0.05, 0.1) is 13.2 Å². The third-order valence-corrected chi connectivity index (χ3v) is 5.19. The number of hydrogen-bond acceptors (Lipinski definition) is 3. The molecule has 0 aliphatic carbocycles. The van der Waals surface area contributed by atoms with Gasteiger partial charge in [0.1, 0.15) is 0 Å². The number of rotatable bonds is 3. The molecule has 1 saturated heterocycles. The summed E-state index contributed by atoms with van der Waals surface area (Å²) >= 11 is 0. The lowest BCUT2D eigenvalue weighted by Crippen LogP contribution is -2.29. The highest BCUT2D eigenvalue weighted by molar-refractivity contribution is 5.71. The van der Waals surface area contributed by atoms with Gasteiger partial charge in [-0.1, -0.05) is 36.4 Å². The van der Waals surface area contributed by atoms with Crippen molar-refractivity contribution in [1.82, 2.24) is 0 Å². The summed E-state index contributed by atoms with van der Waals surface area (Å²) in [4.78, 5) is 0. The van der Waals surface area contributed by atoms with Crippen molar-refractivity contribution in [3.8, 4) is 28.0 Å². The molecule has 1 fully saturated rings. The SMILES string of the molecule is CC1OCC(c2ccc(-c3ccc(-c4ccc(O)c(F)c4F)cc3)c(F)c2F)CO1. The molecular weight excluding hydrogens is 400 g/mol. The Hall–Kier alpha value is -2.90. The van der Waals surface area contributed by atoms with Crippen LogP contribution in [0.3, 0.4) is 0 Å². The average molecular weight is 418 g/mol. The van der Waals surface area contributed by atoms with E-state index in [4.69, 9.17) is 9.47 Å². The number of phenolic OH excluding ortho intramolecular Hbond substituents is 1. The van der Waals surface area contributed by atoms with Gasteiger partial charge in [0.15, 0.2) is 29.5 Å². The summed E-state index contributed by atoms with van der Waals surface area (Å²) < 4.78 is 67.8. The average Bonchev–Trinajstić information content (AvgIpc) is 2.75. The second kappa shape index (κ2) is 8.08. The lowest BCUT2D eigenvalue weighted by molar-refractivity contribution is -0.176. The van der Waals surface area contributed by atoms with Gasteiger partial charge in [-0.25, -0.2) is 13.2 Å². The van der Waals surface area contributed by atoms with E-state index in [1.165, 1.54) is 42.5 Å². The van der Waals surface area contributed by atoms with Crippen molar-refractivity contribution in [2.45, 2.75) is 19.1 Å². The lowest BCUT2D eigenvalue weighted by Gasteiger charge is -2.28. The molecule has 3 aromatic carbocycles. The van der Waals surface area contributed by atoms with Crippen LogP contribution >= 0.6 is 0 Å². The summed E-state index contributed by atoms with van der Waals surface area (Å²) in [6.45, 7) is 2.21. The van der Waals surface area contributed by atoms with Gasteiger partial charge >= 0.3 is 0 Å². The summed E-state index contributed by atoms with van der Waals surface area (Å²) in [5.41, 5.74) is 0.891. The number of aromatic hydroxyl groups is 1. The molecule has 0 aromatic heterocycles. The molecule has 0 atom stereocenters. The zero-order chi connectivity index (χ0) is 21.4. The summed E-state index contributed by atoms with van der Waals surface area (Å²) in [6.07, 6.45) is -0.376. The van der Waals surface area contributed by atoms with Crippen molar-refractivity contribution in [3.05, 3.63) is 77.4 Å². The minimum atomic E-state index is -1.34. The fourth-order valence-corrected chi connectivity index (χ4v) is 3.47. The van der Waals surface area contributed by atoms with Gasteiger partial charge in [0.25, 0.3) is 0 Å². The number of benzene rings is 3. The molecule has 1 aliphatic heterocycles. The highest BCUT2D eigenvalue weighted by Gasteiger charge is 2.26. The Morgan fingerprint density at radius 3 is 1.77 bits per heavy atom. The van der Waals surface area contributed by atoms with Crippen LogP contribution in [0.15, 0.2) is 48.5 Å². The Morgan fingerprint density at radius 1 is 0.700 bits per heavy atom. The van der Waals surface area contributed by atoms with Crippen LogP contribution in [0.2, 0.25) is 0 Å². The van der Waals surface area contributed by atoms with Crippen LogP contribution in [-0.2, 0) is 9.47 Å². The first-order valence-electron chi connectivity index (χ1n) is 9.35. The molecule has 156 valence electrons. The molecule has 0 spiro atoms. The maximum absolute atomic E-state index is 14.8. The summed E-state index contributed by atoms with van der Waals surface area (Å²) in [5, 5.41) is 9.24. The van der Waals surface area contributed by atoms with E-state index in [2.05, 4.69) is 0 Å². The van der Waals surface area contributed by atoms with Crippen LogP contribution in [0.1, 0.15) is 18.4 Å². The standard InChI is InChI=1S/C23H18F4O3/c1-12-29-10-15(11-30-12)18-7-6-16(20(24)21(18)25)13-2-4-14(5-3-13)17-8-9-19(28)23(27)22(17)26/h2-9,12,15,28H,10-11H2,1H3. The normalized spacial score (nSPS) is 19.1. The minimum Gasteiger partial charge on any atom is -0.505 e. The molecule has 3 nitrogen and oxygen atoms in total. The maximum Gasteiger partial charge on any atom is 0.200 e. The van der Waals surface area contributed by atoms with Gasteiger partial charge in [0, 0.05) is 17.0 Å². The van der Waals surface area contributed by atoms with Gasteiger partial charge < -0.3 is 14.6 Å². The molecule has 1 heterocycles. The van der Waals surface area contributed by atoms with Crippen molar-refractivity contribution in [3.63, 3.8) is 0 Å². The Labute approximate surface area is 170 Å². The number of ether oxygens (including phenoxy) is 2. The second-order valence-corrected chi connectivity index (χ2v) is 7.10. The van der Waals surface area contributed by atoms with Crippen LogP contribution in [0.25, 0.3) is 22.3 Å². The molecule has 30 heavy (non-hydrogen) atoms. The van der Waals surface area contributed by atoms with Crippen molar-refractivity contribution in [2.75, 3.05) is 13.2 Å². The highest BCUT2D eigenvalue weighted by Crippen LogP contribution is 2.34. The zero-order valence-electron chi connectivity index (χ0n) is 16.0. The Balaban J connectivity index is 1.63. The minimum absolute atomic E-state index is 0.0474. The topological polar surface area (TPSA) is 38.7 Å². The van der Waals surface area contributed by atoms with E-state index < -0.39 is 34.9 Å². The quantitative estimate of drug-likeness (QED) is 0.550. The predicted octanol–water partition coefficient (Wildman–Crippen LogP) is 5.76. The zero-order valence-corrected chi connectivity index (χ0v) is 16.0. The molecule has 1 aliphatic rings. The van der Waals surface area contributed by atoms with E-state index in [0.717, 1.165) is 6.07 Å². The largest absolute Gasteiger partial charge is 0.505 e. The van der Waals surface area contributed by atoms with Crippen LogP contribution in [0.4, 0.5) is 17.6 Å². The lowest BCUT2D eigenvalue weighted by atomic mass is 9.94. The van der Waals surface area contributed by atoms with Gasteiger partial charge in [0.2, 0.25) is 5.82 Å². The number of halogens is 4. The molecule has 7 heteroatoms. The molecule has 0 unspecified atom stereocenters. The van der Waals surface area contributed by atoms with Gasteiger partial charge in [-0.05, 0) is 35.7 Å². The van der Waals surface area contributed by atoms with Crippen LogP contribution in [0.5, 0.6) is 5.75 Å². The first-order valence-corrected chi connectivity index (χ1v) is 9.35. The Bertz CT molecular complexity index is 1070. The van der Waals surface area contributed by atoms with E-state index in [0.29, 0.717) is 11.1 Å². The van der Waals surface area contributed by atoms with Gasteiger partial charge in [-0.3, -0.25) is 0 Å². The fourth-order valence-electron chi connectivity index (χ4n) is 3.47.